The van der Waals surface area contributed by atoms with Crippen LogP contribution in [0.15, 0.2) is 224 Å². The number of aryl methyl sites for hydroxylation is 2. The summed E-state index contributed by atoms with van der Waals surface area (Å²) in [6.45, 7) is 23.8. The van der Waals surface area contributed by atoms with Crippen molar-refractivity contribution in [2.24, 2.45) is 0 Å². The maximum absolute atomic E-state index is 7.69. The number of nitrogens with zero attached hydrogens (tertiary/aromatic N) is 4. The van der Waals surface area contributed by atoms with Gasteiger partial charge in [0, 0.05) is 85.9 Å². The number of aromatic nitrogens is 2. The SMILES string of the molecule is Cc1cc2c(cc1N1c3cc4c(oc5cc(-c6ccc7c(c6)oc6c8cccc9c8n(c76)B6c7c-9cc8c(oc9ccccc98)c7N(c7cc8c(cc7C)C(C)(C)CCC8(C)C)c7sc8ccccc8c76)ccc54)c4c3B(c3c1sc1ccccc31)n1c3oc5ccccc5c3c3cccc-4c31)C(C)(C)CCC2(C)C. The molecule has 0 radical (unpaired) electrons. The molecule has 0 N–H and O–H groups in total. The Balaban J connectivity index is 0.693. The van der Waals surface area contributed by atoms with E-state index >= 15 is 0 Å². The third-order valence-electron chi connectivity index (χ3n) is 27.7. The number of furan rings is 4. The summed E-state index contributed by atoms with van der Waals surface area (Å²) in [6.07, 6.45) is 4.56. The first-order valence-corrected chi connectivity index (χ1v) is 40.9. The number of anilines is 6. The van der Waals surface area contributed by atoms with Crippen LogP contribution in [0.4, 0.5) is 32.8 Å². The highest BCUT2D eigenvalue weighted by atomic mass is 32.1. The average Bonchev–Trinajstić information content (AvgIpc) is 1.47. The largest absolute Gasteiger partial charge is 0.455 e. The van der Waals surface area contributed by atoms with Crippen LogP contribution in [-0.4, -0.2) is 22.7 Å². The van der Waals surface area contributed by atoms with E-state index in [1.807, 2.05) is 22.7 Å². The molecule has 2 aliphatic carbocycles. The highest BCUT2D eigenvalue weighted by molar-refractivity contribution is 7.26. The molecular weight excluding hydrogens is 1380 g/mol. The van der Waals surface area contributed by atoms with Gasteiger partial charge in [-0.25, -0.2) is 0 Å². The van der Waals surface area contributed by atoms with Crippen molar-refractivity contribution in [3.63, 3.8) is 0 Å². The predicted molar refractivity (Wildman–Crippen MR) is 464 cm³/mol. The van der Waals surface area contributed by atoms with Crippen LogP contribution >= 0.6 is 22.7 Å². The highest BCUT2D eigenvalue weighted by Gasteiger charge is 2.51. The number of benzene rings is 12. The molecule has 4 aliphatic heterocycles. The summed E-state index contributed by atoms with van der Waals surface area (Å²) in [5, 5.41) is 15.1. The minimum atomic E-state index is -0.238. The topological polar surface area (TPSA) is 68.9 Å². The second-order valence-electron chi connectivity index (χ2n) is 35.5. The van der Waals surface area contributed by atoms with Crippen molar-refractivity contribution in [3.8, 4) is 33.4 Å². The Kier molecular flexibility index (Phi) is 11.3. The van der Waals surface area contributed by atoms with Crippen LogP contribution in [0.1, 0.15) is 114 Å². The first-order valence-electron chi connectivity index (χ1n) is 39.3. The summed E-state index contributed by atoms with van der Waals surface area (Å²) in [5.74, 6) is 0. The predicted octanol–water partition coefficient (Wildman–Crippen LogP) is 25.4. The van der Waals surface area contributed by atoms with Crippen molar-refractivity contribution < 1.29 is 17.7 Å². The molecule has 12 heterocycles. The first kappa shape index (κ1) is 61.5. The van der Waals surface area contributed by atoms with Gasteiger partial charge in [-0.3, -0.25) is 4.90 Å². The van der Waals surface area contributed by atoms with E-state index in [1.54, 1.807) is 0 Å². The molecule has 12 aromatic carbocycles. The van der Waals surface area contributed by atoms with Gasteiger partial charge >= 0.3 is 13.7 Å². The molecule has 526 valence electrons. The maximum atomic E-state index is 7.69. The molecule has 6 aliphatic rings. The van der Waals surface area contributed by atoms with Crippen molar-refractivity contribution in [2.45, 2.75) is 117 Å². The maximum Gasteiger partial charge on any atom is 0.337 e. The van der Waals surface area contributed by atoms with Gasteiger partial charge in [0.05, 0.1) is 38.0 Å². The molecule has 0 saturated heterocycles. The quantitative estimate of drug-likeness (QED) is 0.164. The van der Waals surface area contributed by atoms with Crippen LogP contribution < -0.4 is 31.7 Å². The van der Waals surface area contributed by atoms with Crippen molar-refractivity contribution in [1.82, 2.24) is 8.96 Å². The Hall–Kier alpha value is -11.4. The van der Waals surface area contributed by atoms with E-state index in [2.05, 4.69) is 294 Å². The van der Waals surface area contributed by atoms with E-state index in [-0.39, 0.29) is 35.4 Å². The van der Waals surface area contributed by atoms with Gasteiger partial charge in [-0.05, 0) is 223 Å². The lowest BCUT2D eigenvalue weighted by atomic mass is 9.45. The monoisotopic (exact) mass is 1450 g/mol. The molecule has 0 unspecified atom stereocenters. The molecule has 26 rings (SSSR count). The summed E-state index contributed by atoms with van der Waals surface area (Å²) < 4.78 is 37.5. The Morgan fingerprint density at radius 2 is 0.827 bits per heavy atom. The molecule has 0 bridgehead atoms. The van der Waals surface area contributed by atoms with Crippen molar-refractivity contribution in [2.75, 3.05) is 9.80 Å². The van der Waals surface area contributed by atoms with Gasteiger partial charge in [0.2, 0.25) is 0 Å². The van der Waals surface area contributed by atoms with Crippen LogP contribution in [0.25, 0.3) is 163 Å². The third kappa shape index (κ3) is 7.43. The molecular formula is C98H72B2N4O4S2. The van der Waals surface area contributed by atoms with E-state index in [1.165, 1.54) is 130 Å². The number of hydrogen-bond donors (Lipinski definition) is 0. The summed E-state index contributed by atoms with van der Waals surface area (Å²) in [7, 11) is 0. The van der Waals surface area contributed by atoms with Gasteiger partial charge in [-0.15, -0.1) is 22.7 Å². The number of para-hydroxylation sites is 4. The van der Waals surface area contributed by atoms with Crippen LogP contribution in [0.3, 0.4) is 0 Å². The number of rotatable bonds is 3. The fourth-order valence-corrected chi connectivity index (χ4v) is 24.5. The molecule has 0 fully saturated rings. The standard InChI is InChI=1S/C98H72B2N4O4S2/c1-49-41-66-68(97(7,8)39-37-95(66,3)4)47-70(49)101-72-46-65-54-35-33-51(43-75(54)106-89(65)80-61-27-20-26-60-79-56-22-12-16-30-74(56)108-92(79)104(86(60)61)100(84(72)80)82-58-23-13-17-31-77(58)109-93(82)101)52-34-36-57-76(44-52)107-90-62-28-19-25-55-63-45-64-53-21-11-15-29-73(53)105-91(64)88-81(63)99(103(85(55)62)87(57)90)83-59-24-14-18-32-78(59)110-94(83)102(88)71-48-69-67(42-50(71)2)96(5,6)38-40-98(69,9)10/h11-36,41-48H,37-40H2,1-10H3. The van der Waals surface area contributed by atoms with E-state index in [0.29, 0.717) is 0 Å². The summed E-state index contributed by atoms with van der Waals surface area (Å²) in [6, 6.07) is 78.2. The van der Waals surface area contributed by atoms with Crippen molar-refractivity contribution >= 4 is 221 Å². The van der Waals surface area contributed by atoms with Gasteiger partial charge in [-0.2, -0.15) is 0 Å². The molecule has 8 nitrogen and oxygen atoms in total. The van der Waals surface area contributed by atoms with Crippen molar-refractivity contribution in [3.05, 3.63) is 240 Å². The summed E-state index contributed by atoms with van der Waals surface area (Å²) >= 11 is 3.82. The van der Waals surface area contributed by atoms with E-state index < -0.39 is 0 Å². The molecule has 12 heteroatoms. The molecule has 0 amide bonds. The zero-order valence-corrected chi connectivity index (χ0v) is 64.5. The van der Waals surface area contributed by atoms with Crippen LogP contribution in [0.5, 0.6) is 0 Å². The lowest BCUT2D eigenvalue weighted by Gasteiger charge is -2.44. The molecule has 20 aromatic rings. The van der Waals surface area contributed by atoms with Crippen LogP contribution in [0, 0.1) is 13.8 Å². The number of thiophene rings is 2. The van der Waals surface area contributed by atoms with E-state index in [0.717, 1.165) is 147 Å². The van der Waals surface area contributed by atoms with E-state index in [4.69, 9.17) is 17.7 Å². The summed E-state index contributed by atoms with van der Waals surface area (Å²) in [4.78, 5) is 5.31. The number of hydrogen-bond acceptors (Lipinski definition) is 8. The fourth-order valence-electron chi connectivity index (χ4n) is 22.0. The Labute approximate surface area is 642 Å². The smallest absolute Gasteiger partial charge is 0.337 e. The second kappa shape index (κ2) is 20.1. The van der Waals surface area contributed by atoms with Gasteiger partial charge < -0.3 is 31.5 Å². The minimum Gasteiger partial charge on any atom is -0.455 e. The second-order valence-corrected chi connectivity index (χ2v) is 37.5. The molecule has 0 spiro atoms. The lowest BCUT2D eigenvalue weighted by molar-refractivity contribution is 0.332. The minimum absolute atomic E-state index is 0.00682. The van der Waals surface area contributed by atoms with Crippen LogP contribution in [0.2, 0.25) is 0 Å². The zero-order valence-electron chi connectivity index (χ0n) is 62.9. The first-order chi connectivity index (χ1) is 53.4. The van der Waals surface area contributed by atoms with Gasteiger partial charge in [0.25, 0.3) is 0 Å². The number of fused-ring (bicyclic) bond motifs is 32. The lowest BCUT2D eigenvalue weighted by Crippen LogP contribution is -2.56. The Morgan fingerprint density at radius 3 is 1.49 bits per heavy atom. The van der Waals surface area contributed by atoms with E-state index in [9.17, 15) is 0 Å². The van der Waals surface area contributed by atoms with Crippen molar-refractivity contribution in [1.29, 1.82) is 0 Å². The zero-order chi connectivity index (χ0) is 73.1. The highest BCUT2D eigenvalue weighted by Crippen LogP contribution is 2.59. The molecule has 0 saturated carbocycles. The van der Waals surface area contributed by atoms with Crippen LogP contribution in [-0.2, 0) is 21.7 Å². The Bertz CT molecular complexity index is 7760. The molecule has 0 atom stereocenters. The van der Waals surface area contributed by atoms with Gasteiger partial charge in [0.15, 0.2) is 16.9 Å². The normalized spacial score (nSPS) is 16.7. The fraction of sp³-hybridized carbons (Fsp3) is 0.184. The molecule has 8 aromatic heterocycles. The average molecular weight is 1460 g/mol. The van der Waals surface area contributed by atoms with Gasteiger partial charge in [-0.1, -0.05) is 183 Å². The summed E-state index contributed by atoms with van der Waals surface area (Å²) in [5.41, 5.74) is 35.7. The Morgan fingerprint density at radius 1 is 0.336 bits per heavy atom. The molecule has 110 heavy (non-hydrogen) atoms. The van der Waals surface area contributed by atoms with Gasteiger partial charge in [0.1, 0.15) is 27.9 Å². The third-order valence-corrected chi connectivity index (χ3v) is 30.0.